The van der Waals surface area contributed by atoms with Gasteiger partial charge in [-0.3, -0.25) is 4.40 Å². The van der Waals surface area contributed by atoms with Crippen molar-refractivity contribution in [3.05, 3.63) is 70.8 Å². The molecule has 1 N–H and O–H groups in total. The number of thiazole rings is 1. The number of rotatable bonds is 7. The largest absolute Gasteiger partial charge is 0.359 e. The van der Waals surface area contributed by atoms with Crippen molar-refractivity contribution in [3.63, 3.8) is 0 Å². The standard InChI is InChI=1S/C27H28N8S/c1-3-19-12-20(31-27-30-15-21(14-28)36-27)13-22(19)25-33-32-24-16-29-26-23(35(24)25)9-11-34(26)10-8-18-6-4-17(2)5-7-18/h4-7,9,11,15-16,19-20,22H,3,8,10,12-13H2,1-2H3,(H,30,31)/t19-,20+,22+/m1/s1. The highest BCUT2D eigenvalue weighted by molar-refractivity contribution is 7.16. The number of nitriles is 1. The second kappa shape index (κ2) is 9.36. The fraction of sp³-hybridized carbons (Fsp3) is 0.370. The molecule has 0 radical (unpaired) electrons. The third-order valence-corrected chi connectivity index (χ3v) is 8.26. The van der Waals surface area contributed by atoms with Gasteiger partial charge in [-0.2, -0.15) is 5.26 Å². The zero-order valence-electron chi connectivity index (χ0n) is 20.4. The summed E-state index contributed by atoms with van der Waals surface area (Å²) in [6.45, 7) is 5.23. The topological polar surface area (TPSA) is 96.7 Å². The summed E-state index contributed by atoms with van der Waals surface area (Å²) in [5.74, 6) is 1.80. The quantitative estimate of drug-likeness (QED) is 0.327. The molecule has 0 saturated heterocycles. The summed E-state index contributed by atoms with van der Waals surface area (Å²) in [4.78, 5) is 9.75. The second-order valence-electron chi connectivity index (χ2n) is 9.69. The van der Waals surface area contributed by atoms with Crippen LogP contribution in [0, 0.1) is 24.2 Å². The highest BCUT2D eigenvalue weighted by atomic mass is 32.1. The number of nitrogens with zero attached hydrogens (tertiary/aromatic N) is 7. The summed E-state index contributed by atoms with van der Waals surface area (Å²) < 4.78 is 4.43. The number of benzene rings is 1. The predicted molar refractivity (Wildman–Crippen MR) is 141 cm³/mol. The molecule has 0 bridgehead atoms. The Balaban J connectivity index is 1.28. The van der Waals surface area contributed by atoms with E-state index in [1.165, 1.54) is 22.5 Å². The Hall–Kier alpha value is -3.77. The smallest absolute Gasteiger partial charge is 0.184 e. The van der Waals surface area contributed by atoms with E-state index in [1.807, 2.05) is 6.20 Å². The number of fused-ring (bicyclic) bond motifs is 3. The van der Waals surface area contributed by atoms with E-state index in [4.69, 9.17) is 10.2 Å². The van der Waals surface area contributed by atoms with Crippen molar-refractivity contribution in [1.82, 2.24) is 29.1 Å². The zero-order chi connectivity index (χ0) is 24.6. The van der Waals surface area contributed by atoms with Gasteiger partial charge >= 0.3 is 0 Å². The highest BCUT2D eigenvalue weighted by Gasteiger charge is 2.37. The van der Waals surface area contributed by atoms with Gasteiger partial charge in [0.25, 0.3) is 0 Å². The summed E-state index contributed by atoms with van der Waals surface area (Å²) in [7, 11) is 0. The number of nitrogens with one attached hydrogen (secondary N) is 1. The van der Waals surface area contributed by atoms with Gasteiger partial charge in [0.05, 0.1) is 17.9 Å². The Labute approximate surface area is 213 Å². The maximum absolute atomic E-state index is 9.12. The Morgan fingerprint density at radius 1 is 1.11 bits per heavy atom. The number of hydrogen-bond donors (Lipinski definition) is 1. The molecule has 1 aromatic carbocycles. The van der Waals surface area contributed by atoms with Crippen molar-refractivity contribution >= 4 is 33.3 Å². The molecule has 0 spiro atoms. The number of aromatic nitrogens is 6. The Morgan fingerprint density at radius 3 is 2.75 bits per heavy atom. The zero-order valence-corrected chi connectivity index (χ0v) is 21.2. The van der Waals surface area contributed by atoms with Gasteiger partial charge in [-0.25, -0.2) is 9.97 Å². The molecule has 182 valence electrons. The van der Waals surface area contributed by atoms with Crippen molar-refractivity contribution in [2.45, 2.75) is 58.0 Å². The maximum atomic E-state index is 9.12. The molecular formula is C27H28N8S. The average molecular weight is 497 g/mol. The molecule has 4 aromatic heterocycles. The molecule has 4 heterocycles. The van der Waals surface area contributed by atoms with E-state index in [0.29, 0.717) is 22.8 Å². The van der Waals surface area contributed by atoms with Gasteiger partial charge < -0.3 is 9.88 Å². The average Bonchev–Trinajstić information content (AvgIpc) is 3.68. The van der Waals surface area contributed by atoms with Crippen LogP contribution in [0.1, 0.15) is 53.9 Å². The number of anilines is 1. The van der Waals surface area contributed by atoms with Crippen LogP contribution in [0.5, 0.6) is 0 Å². The molecule has 0 amide bonds. The van der Waals surface area contributed by atoms with Crippen molar-refractivity contribution in [3.8, 4) is 6.07 Å². The molecule has 1 saturated carbocycles. The summed E-state index contributed by atoms with van der Waals surface area (Å²) >= 11 is 1.41. The molecule has 1 aliphatic carbocycles. The first kappa shape index (κ1) is 22.7. The van der Waals surface area contributed by atoms with Crippen LogP contribution in [0.15, 0.2) is 48.9 Å². The van der Waals surface area contributed by atoms with Gasteiger partial charge in [-0.05, 0) is 43.7 Å². The summed E-state index contributed by atoms with van der Waals surface area (Å²) in [6, 6.07) is 13.3. The van der Waals surface area contributed by atoms with Crippen LogP contribution in [0.3, 0.4) is 0 Å². The first-order chi connectivity index (χ1) is 17.6. The lowest BCUT2D eigenvalue weighted by atomic mass is 9.93. The molecule has 0 unspecified atom stereocenters. The van der Waals surface area contributed by atoms with Crippen LogP contribution in [0.2, 0.25) is 0 Å². The van der Waals surface area contributed by atoms with Crippen molar-refractivity contribution < 1.29 is 0 Å². The van der Waals surface area contributed by atoms with Crippen molar-refractivity contribution in [2.24, 2.45) is 5.92 Å². The van der Waals surface area contributed by atoms with E-state index in [9.17, 15) is 0 Å². The molecule has 36 heavy (non-hydrogen) atoms. The predicted octanol–water partition coefficient (Wildman–Crippen LogP) is 5.34. The fourth-order valence-corrected chi connectivity index (χ4v) is 6.22. The molecule has 9 heteroatoms. The first-order valence-electron chi connectivity index (χ1n) is 12.5. The number of aryl methyl sites for hydroxylation is 3. The van der Waals surface area contributed by atoms with Crippen LogP contribution >= 0.6 is 11.3 Å². The molecule has 8 nitrogen and oxygen atoms in total. The minimum Gasteiger partial charge on any atom is -0.359 e. The second-order valence-corrected chi connectivity index (χ2v) is 10.7. The van der Waals surface area contributed by atoms with Crippen molar-refractivity contribution in [1.29, 1.82) is 5.26 Å². The molecule has 0 aliphatic heterocycles. The highest BCUT2D eigenvalue weighted by Crippen LogP contribution is 2.42. The molecule has 1 aliphatic rings. The third-order valence-electron chi connectivity index (χ3n) is 7.43. The molecule has 5 aromatic rings. The Morgan fingerprint density at radius 2 is 1.97 bits per heavy atom. The van der Waals surface area contributed by atoms with Gasteiger partial charge in [0.1, 0.15) is 16.8 Å². The molecule has 1 fully saturated rings. The summed E-state index contributed by atoms with van der Waals surface area (Å²) in [6.07, 6.45) is 9.63. The minimum atomic E-state index is 0.291. The number of hydrogen-bond acceptors (Lipinski definition) is 7. The Kier molecular flexibility index (Phi) is 5.89. The van der Waals surface area contributed by atoms with Gasteiger partial charge in [0, 0.05) is 24.7 Å². The lowest BCUT2D eigenvalue weighted by Crippen LogP contribution is -2.15. The van der Waals surface area contributed by atoms with Gasteiger partial charge in [0.2, 0.25) is 0 Å². The van der Waals surface area contributed by atoms with E-state index in [0.717, 1.165) is 60.0 Å². The first-order valence-corrected chi connectivity index (χ1v) is 13.3. The van der Waals surface area contributed by atoms with Gasteiger partial charge in [0.15, 0.2) is 16.4 Å². The van der Waals surface area contributed by atoms with Gasteiger partial charge in [-0.15, -0.1) is 10.2 Å². The monoisotopic (exact) mass is 496 g/mol. The lowest BCUT2D eigenvalue weighted by Gasteiger charge is -2.16. The van der Waals surface area contributed by atoms with Crippen LogP contribution in [0.25, 0.3) is 16.8 Å². The van der Waals surface area contributed by atoms with E-state index >= 15 is 0 Å². The van der Waals surface area contributed by atoms with Crippen molar-refractivity contribution in [2.75, 3.05) is 5.32 Å². The van der Waals surface area contributed by atoms with Crippen LogP contribution in [-0.4, -0.2) is 35.2 Å². The normalized spacial score (nSPS) is 19.8. The van der Waals surface area contributed by atoms with E-state index in [1.54, 1.807) is 6.20 Å². The van der Waals surface area contributed by atoms with E-state index < -0.39 is 0 Å². The molecule has 6 rings (SSSR count). The van der Waals surface area contributed by atoms with Gasteiger partial charge in [-0.1, -0.05) is 54.5 Å². The van der Waals surface area contributed by atoms with E-state index in [-0.39, 0.29) is 0 Å². The summed E-state index contributed by atoms with van der Waals surface area (Å²) in [5.41, 5.74) is 5.41. The maximum Gasteiger partial charge on any atom is 0.184 e. The molecule has 3 atom stereocenters. The Bertz CT molecular complexity index is 1550. The third kappa shape index (κ3) is 4.11. The van der Waals surface area contributed by atoms with E-state index in [2.05, 4.69) is 85.9 Å². The fourth-order valence-electron chi connectivity index (χ4n) is 5.53. The SMILES string of the molecule is CC[C@@H]1C[C@H](Nc2ncc(C#N)s2)C[C@@H]1c1nnc2cnc3c(ccn3CCc3ccc(C)cc3)n12. The van der Waals surface area contributed by atoms with Crippen LogP contribution < -0.4 is 5.32 Å². The van der Waals surface area contributed by atoms with Crippen LogP contribution in [-0.2, 0) is 13.0 Å². The summed E-state index contributed by atoms with van der Waals surface area (Å²) in [5, 5.41) is 22.7. The molecular weight excluding hydrogens is 468 g/mol. The minimum absolute atomic E-state index is 0.291. The van der Waals surface area contributed by atoms with Crippen LogP contribution in [0.4, 0.5) is 5.13 Å². The lowest BCUT2D eigenvalue weighted by molar-refractivity contribution is 0.451.